The van der Waals surface area contributed by atoms with Gasteiger partial charge < -0.3 is 9.47 Å². The van der Waals surface area contributed by atoms with Crippen molar-refractivity contribution < 1.29 is 28.8 Å². The number of benzene rings is 1. The van der Waals surface area contributed by atoms with Gasteiger partial charge >= 0.3 is 12.1 Å². The van der Waals surface area contributed by atoms with E-state index in [-0.39, 0.29) is 17.8 Å². The van der Waals surface area contributed by atoms with Gasteiger partial charge in [-0.3, -0.25) is 19.6 Å². The van der Waals surface area contributed by atoms with Crippen LogP contribution in [0, 0.1) is 10.1 Å². The van der Waals surface area contributed by atoms with Crippen LogP contribution in [0.5, 0.6) is 0 Å². The summed E-state index contributed by atoms with van der Waals surface area (Å²) in [6, 6.07) is 4.87. The summed E-state index contributed by atoms with van der Waals surface area (Å²) < 4.78 is 11.5. The van der Waals surface area contributed by atoms with Crippen molar-refractivity contribution in [1.29, 1.82) is 0 Å². The number of amides is 2. The molecule has 0 aliphatic rings. The third-order valence-electron chi connectivity index (χ3n) is 3.84. The lowest BCUT2D eigenvalue weighted by molar-refractivity contribution is -0.384. The molecular weight excluding hydrogens is 396 g/mol. The van der Waals surface area contributed by atoms with Crippen LogP contribution in [0.25, 0.3) is 0 Å². The first kappa shape index (κ1) is 22.5. The Morgan fingerprint density at radius 3 is 2.33 bits per heavy atom. The van der Waals surface area contributed by atoms with Crippen LogP contribution < -0.4 is 0 Å². The minimum absolute atomic E-state index is 0.0409. The van der Waals surface area contributed by atoms with Crippen LogP contribution in [-0.4, -0.2) is 56.3 Å². The second-order valence-corrected chi connectivity index (χ2v) is 7.23. The molecule has 2 amide bonds. The summed E-state index contributed by atoms with van der Waals surface area (Å²) in [4.78, 5) is 49.4. The molecule has 11 nitrogen and oxygen atoms in total. The van der Waals surface area contributed by atoms with Gasteiger partial charge in [0.2, 0.25) is 0 Å². The van der Waals surface area contributed by atoms with Gasteiger partial charge in [0.1, 0.15) is 5.60 Å². The van der Waals surface area contributed by atoms with Gasteiger partial charge in [-0.1, -0.05) is 0 Å². The van der Waals surface area contributed by atoms with Gasteiger partial charge in [-0.25, -0.2) is 14.5 Å². The Morgan fingerprint density at radius 2 is 1.87 bits per heavy atom. The number of ether oxygens (including phenoxy) is 2. The van der Waals surface area contributed by atoms with Gasteiger partial charge in [-0.05, 0) is 39.0 Å². The van der Waals surface area contributed by atoms with E-state index in [1.54, 1.807) is 33.0 Å². The zero-order valence-electron chi connectivity index (χ0n) is 17.0. The summed E-state index contributed by atoms with van der Waals surface area (Å²) in [7, 11) is 1.13. The lowest BCUT2D eigenvalue weighted by Crippen LogP contribution is -2.52. The van der Waals surface area contributed by atoms with E-state index in [1.165, 1.54) is 23.0 Å². The Balaban J connectivity index is 2.47. The Hall–Kier alpha value is -3.76. The molecule has 1 unspecified atom stereocenters. The normalized spacial score (nSPS) is 12.0. The van der Waals surface area contributed by atoms with Crippen molar-refractivity contribution >= 4 is 23.7 Å². The molecular formula is C19H22N4O7. The molecule has 0 saturated heterocycles. The highest BCUT2D eigenvalue weighted by molar-refractivity contribution is 6.05. The smallest absolute Gasteiger partial charge is 0.418 e. The number of nitrogens with zero attached hydrogens (tertiary/aromatic N) is 4. The maximum atomic E-state index is 13.2. The van der Waals surface area contributed by atoms with E-state index in [9.17, 15) is 24.5 Å². The molecule has 11 heteroatoms. The van der Waals surface area contributed by atoms with E-state index >= 15 is 0 Å². The Morgan fingerprint density at radius 1 is 1.23 bits per heavy atom. The van der Waals surface area contributed by atoms with Crippen molar-refractivity contribution in [1.82, 2.24) is 14.7 Å². The van der Waals surface area contributed by atoms with E-state index in [4.69, 9.17) is 9.47 Å². The van der Waals surface area contributed by atoms with Gasteiger partial charge in [-0.2, -0.15) is 5.10 Å². The van der Waals surface area contributed by atoms with Crippen LogP contribution in [0.4, 0.5) is 10.5 Å². The lowest BCUT2D eigenvalue weighted by Gasteiger charge is -2.30. The fraction of sp³-hybridized carbons (Fsp3) is 0.368. The average Bonchev–Trinajstić information content (AvgIpc) is 3.18. The summed E-state index contributed by atoms with van der Waals surface area (Å²) in [6.45, 7) is 4.66. The highest BCUT2D eigenvalue weighted by Crippen LogP contribution is 2.19. The number of esters is 1. The number of methoxy groups -OCH3 is 1. The van der Waals surface area contributed by atoms with Crippen molar-refractivity contribution in [2.24, 2.45) is 0 Å². The minimum Gasteiger partial charge on any atom is -0.467 e. The van der Waals surface area contributed by atoms with Crippen molar-refractivity contribution in [3.63, 3.8) is 0 Å². The molecule has 30 heavy (non-hydrogen) atoms. The average molecular weight is 418 g/mol. The first-order valence-corrected chi connectivity index (χ1v) is 8.89. The van der Waals surface area contributed by atoms with E-state index in [0.29, 0.717) is 4.90 Å². The first-order valence-electron chi connectivity index (χ1n) is 8.89. The summed E-state index contributed by atoms with van der Waals surface area (Å²) in [5, 5.41) is 14.9. The summed E-state index contributed by atoms with van der Waals surface area (Å²) in [6.07, 6.45) is 1.97. The third kappa shape index (κ3) is 5.63. The van der Waals surface area contributed by atoms with E-state index in [2.05, 4.69) is 5.10 Å². The summed E-state index contributed by atoms with van der Waals surface area (Å²) >= 11 is 0. The Kier molecular flexibility index (Phi) is 6.88. The monoisotopic (exact) mass is 418 g/mol. The van der Waals surface area contributed by atoms with Crippen LogP contribution >= 0.6 is 0 Å². The van der Waals surface area contributed by atoms with E-state index in [0.717, 1.165) is 19.2 Å². The topological polar surface area (TPSA) is 134 Å². The second-order valence-electron chi connectivity index (χ2n) is 7.23. The van der Waals surface area contributed by atoms with Crippen molar-refractivity contribution in [3.05, 3.63) is 58.4 Å². The molecule has 0 N–H and O–H groups in total. The number of imide groups is 1. The van der Waals surface area contributed by atoms with Gasteiger partial charge in [0.05, 0.1) is 18.6 Å². The highest BCUT2D eigenvalue weighted by Gasteiger charge is 2.39. The molecule has 0 saturated carbocycles. The number of aromatic nitrogens is 2. The van der Waals surface area contributed by atoms with Crippen molar-refractivity contribution in [2.45, 2.75) is 39.0 Å². The number of nitro groups is 1. The van der Waals surface area contributed by atoms with E-state index in [1.807, 2.05) is 0 Å². The zero-order chi connectivity index (χ0) is 22.5. The standard InChI is InChI=1S/C19H22N4O7/c1-19(2,3)30-18(26)22(15(17(25)29-4)12-21-11-5-10-20-21)16(24)13-6-8-14(9-7-13)23(27)28/h5-11,15H,12H2,1-4H3. The zero-order valence-corrected chi connectivity index (χ0v) is 17.0. The number of non-ortho nitro benzene ring substituents is 1. The Labute approximate surface area is 172 Å². The molecule has 160 valence electrons. The number of carbonyl (C=O) groups is 3. The SMILES string of the molecule is COC(=O)C(Cn1cccn1)N(C(=O)OC(C)(C)C)C(=O)c1ccc([N+](=O)[O-])cc1. The van der Waals surface area contributed by atoms with Crippen LogP contribution in [0.1, 0.15) is 31.1 Å². The molecule has 1 atom stereocenters. The maximum absolute atomic E-state index is 13.2. The second kappa shape index (κ2) is 9.16. The molecule has 0 fully saturated rings. The number of nitro benzene ring substituents is 1. The van der Waals surface area contributed by atoms with Crippen LogP contribution in [0.15, 0.2) is 42.7 Å². The van der Waals surface area contributed by atoms with Gasteiger partial charge in [0.25, 0.3) is 11.6 Å². The number of carbonyl (C=O) groups excluding carboxylic acids is 3. The minimum atomic E-state index is -1.38. The Bertz CT molecular complexity index is 917. The number of hydrogen-bond acceptors (Lipinski definition) is 8. The number of rotatable bonds is 6. The lowest BCUT2D eigenvalue weighted by atomic mass is 10.1. The quantitative estimate of drug-likeness (QED) is 0.397. The number of hydrogen-bond donors (Lipinski definition) is 0. The fourth-order valence-corrected chi connectivity index (χ4v) is 2.51. The van der Waals surface area contributed by atoms with Crippen molar-refractivity contribution in [3.8, 4) is 0 Å². The summed E-state index contributed by atoms with van der Waals surface area (Å²) in [5.41, 5.74) is -1.21. The molecule has 1 aromatic carbocycles. The molecule has 1 aromatic heterocycles. The molecule has 0 aliphatic heterocycles. The molecule has 0 spiro atoms. The van der Waals surface area contributed by atoms with Gasteiger partial charge in [0, 0.05) is 30.1 Å². The first-order chi connectivity index (χ1) is 14.0. The molecule has 2 aromatic rings. The summed E-state index contributed by atoms with van der Waals surface area (Å²) in [5.74, 6) is -1.73. The van der Waals surface area contributed by atoms with Crippen LogP contribution in [0.2, 0.25) is 0 Å². The van der Waals surface area contributed by atoms with Gasteiger partial charge in [0.15, 0.2) is 6.04 Å². The molecule has 1 heterocycles. The maximum Gasteiger partial charge on any atom is 0.418 e. The van der Waals surface area contributed by atoms with Crippen molar-refractivity contribution in [2.75, 3.05) is 7.11 Å². The largest absolute Gasteiger partial charge is 0.467 e. The fourth-order valence-electron chi connectivity index (χ4n) is 2.51. The predicted molar refractivity (Wildman–Crippen MR) is 104 cm³/mol. The van der Waals surface area contributed by atoms with E-state index < -0.39 is 34.5 Å². The van der Waals surface area contributed by atoms with Crippen LogP contribution in [-0.2, 0) is 20.8 Å². The molecule has 0 radical (unpaired) electrons. The third-order valence-corrected chi connectivity index (χ3v) is 3.84. The molecule has 2 rings (SSSR count). The molecule has 0 aliphatic carbocycles. The predicted octanol–water partition coefficient (Wildman–Crippen LogP) is 2.41. The van der Waals surface area contributed by atoms with Gasteiger partial charge in [-0.15, -0.1) is 0 Å². The molecule has 0 bridgehead atoms. The highest BCUT2D eigenvalue weighted by atomic mass is 16.6. The van der Waals surface area contributed by atoms with Crippen LogP contribution in [0.3, 0.4) is 0 Å².